The average Bonchev–Trinajstić information content (AvgIpc) is 3.60. The third kappa shape index (κ3) is 11.8. The number of carbonyl (C=O) groups is 3. The standard InChI is InChI=1S/C40H42N3O7P.H2S/c1-28-18-20-31(21-19-28)22-36(29(2)44)41-39(45)34(24-35-25-37(43-50-35)33-16-10-5-11-17-33)27-51(47,48)38(23-30-12-6-3-7-13-30)42-40(46)49-26-32-14-8-4-9-15-32;/h3-21,25,34,36,38H,22-24,26-27H2,1-2H3,(H,41,45)(H,42,46)(H,47,48);1H2/t34?,36-,38+;/m1./s1. The van der Waals surface area contributed by atoms with Gasteiger partial charge in [0, 0.05) is 30.6 Å². The lowest BCUT2D eigenvalue weighted by Gasteiger charge is -2.28. The third-order valence-electron chi connectivity index (χ3n) is 8.55. The van der Waals surface area contributed by atoms with Crippen LogP contribution < -0.4 is 10.6 Å². The van der Waals surface area contributed by atoms with E-state index in [0.29, 0.717) is 17.0 Å². The fourth-order valence-corrected chi connectivity index (χ4v) is 7.64. The molecule has 4 atom stereocenters. The van der Waals surface area contributed by atoms with E-state index in [1.54, 1.807) is 42.5 Å². The van der Waals surface area contributed by atoms with Gasteiger partial charge in [0.1, 0.15) is 23.8 Å². The number of hydrogen-bond donors (Lipinski definition) is 3. The van der Waals surface area contributed by atoms with Gasteiger partial charge in [0.25, 0.3) is 0 Å². The van der Waals surface area contributed by atoms with Crippen LogP contribution in [0.25, 0.3) is 11.3 Å². The smallest absolute Gasteiger partial charge is 0.408 e. The average molecular weight is 742 g/mol. The molecule has 1 aromatic heterocycles. The van der Waals surface area contributed by atoms with Gasteiger partial charge in [0.05, 0.1) is 12.0 Å². The summed E-state index contributed by atoms with van der Waals surface area (Å²) in [6.45, 7) is 3.32. The summed E-state index contributed by atoms with van der Waals surface area (Å²) in [4.78, 5) is 51.6. The number of ether oxygens (including phenoxy) is 1. The van der Waals surface area contributed by atoms with Crippen molar-refractivity contribution >= 4 is 38.6 Å². The summed E-state index contributed by atoms with van der Waals surface area (Å²) in [5, 5.41) is 9.60. The van der Waals surface area contributed by atoms with Crippen LogP contribution in [0, 0.1) is 12.8 Å². The molecule has 2 amide bonds. The van der Waals surface area contributed by atoms with Crippen LogP contribution in [-0.2, 0) is 44.8 Å². The van der Waals surface area contributed by atoms with Crippen LogP contribution in [-0.4, -0.2) is 45.8 Å². The van der Waals surface area contributed by atoms with Crippen LogP contribution in [0.3, 0.4) is 0 Å². The van der Waals surface area contributed by atoms with Crippen molar-refractivity contribution in [1.82, 2.24) is 15.8 Å². The molecular weight excluding hydrogens is 697 g/mol. The number of amides is 2. The summed E-state index contributed by atoms with van der Waals surface area (Å²) in [6.07, 6.45) is -1.22. The molecule has 1 heterocycles. The molecule has 2 unspecified atom stereocenters. The summed E-state index contributed by atoms with van der Waals surface area (Å²) in [5.41, 5.74) is 4.72. The minimum Gasteiger partial charge on any atom is -0.445 e. The first-order valence-corrected chi connectivity index (χ1v) is 18.7. The van der Waals surface area contributed by atoms with E-state index in [1.807, 2.05) is 85.8 Å². The molecule has 0 bridgehead atoms. The first kappa shape index (κ1) is 39.8. The Hall–Kier alpha value is -4.96. The quantitative estimate of drug-likeness (QED) is 0.0916. The first-order valence-electron chi connectivity index (χ1n) is 16.8. The normalized spacial score (nSPS) is 13.8. The lowest BCUT2D eigenvalue weighted by Crippen LogP contribution is -2.46. The molecule has 272 valence electrons. The highest BCUT2D eigenvalue weighted by Gasteiger charge is 2.39. The van der Waals surface area contributed by atoms with Crippen molar-refractivity contribution in [3.05, 3.63) is 149 Å². The van der Waals surface area contributed by atoms with Gasteiger partial charge in [0.15, 0.2) is 5.78 Å². The van der Waals surface area contributed by atoms with Crippen molar-refractivity contribution in [2.45, 2.75) is 51.5 Å². The van der Waals surface area contributed by atoms with Gasteiger partial charge < -0.3 is 24.8 Å². The van der Waals surface area contributed by atoms with Gasteiger partial charge in [-0.1, -0.05) is 126 Å². The number of ketones is 1. The number of rotatable bonds is 16. The van der Waals surface area contributed by atoms with Crippen molar-refractivity contribution in [3.63, 3.8) is 0 Å². The fourth-order valence-electron chi connectivity index (χ4n) is 5.66. The number of nitrogens with zero attached hydrogens (tertiary/aromatic N) is 1. The molecule has 0 saturated carbocycles. The molecule has 12 heteroatoms. The topological polar surface area (TPSA) is 148 Å². The highest BCUT2D eigenvalue weighted by atomic mass is 32.1. The molecule has 5 rings (SSSR count). The van der Waals surface area contributed by atoms with Crippen LogP contribution in [0.4, 0.5) is 4.79 Å². The lowest BCUT2D eigenvalue weighted by molar-refractivity contribution is -0.129. The molecule has 0 fully saturated rings. The maximum atomic E-state index is 14.4. The zero-order valence-electron chi connectivity index (χ0n) is 29.1. The SMILES string of the molecule is CC(=O)[C@@H](Cc1ccc(C)cc1)NC(=O)C(Cc1cc(-c2ccccc2)no1)CP(=O)(O)[C@@H](Cc1ccccc1)NC(=O)OCc1ccccc1.S. The second kappa shape index (κ2) is 19.0. The van der Waals surface area contributed by atoms with Crippen LogP contribution >= 0.6 is 20.9 Å². The van der Waals surface area contributed by atoms with Gasteiger partial charge in [-0.3, -0.25) is 14.2 Å². The van der Waals surface area contributed by atoms with E-state index in [9.17, 15) is 23.8 Å². The second-order valence-corrected chi connectivity index (χ2v) is 15.2. The van der Waals surface area contributed by atoms with E-state index in [1.165, 1.54) is 6.92 Å². The monoisotopic (exact) mass is 741 g/mol. The Bertz CT molecular complexity index is 1940. The van der Waals surface area contributed by atoms with Gasteiger partial charge in [-0.2, -0.15) is 13.5 Å². The summed E-state index contributed by atoms with van der Waals surface area (Å²) >= 11 is 0. The zero-order valence-corrected chi connectivity index (χ0v) is 31.0. The number of alkyl carbamates (subject to hydrolysis) is 1. The number of Topliss-reactive ketones (excluding diaryl/α,β-unsaturated/α-hetero) is 1. The Labute approximate surface area is 310 Å². The van der Waals surface area contributed by atoms with Crippen molar-refractivity contribution in [1.29, 1.82) is 0 Å². The molecule has 0 saturated heterocycles. The minimum atomic E-state index is -4.37. The molecule has 3 N–H and O–H groups in total. The molecule has 10 nitrogen and oxygen atoms in total. The number of aromatic nitrogens is 1. The molecule has 0 spiro atoms. The van der Waals surface area contributed by atoms with Crippen molar-refractivity contribution in [3.8, 4) is 11.3 Å². The molecule has 4 aromatic carbocycles. The molecule has 5 aromatic rings. The van der Waals surface area contributed by atoms with E-state index in [-0.39, 0.29) is 45.1 Å². The predicted octanol–water partition coefficient (Wildman–Crippen LogP) is 7.00. The molecule has 0 aliphatic rings. The number of hydrogen-bond acceptors (Lipinski definition) is 7. The lowest BCUT2D eigenvalue weighted by atomic mass is 9.99. The van der Waals surface area contributed by atoms with Crippen LogP contribution in [0.1, 0.15) is 34.9 Å². The highest BCUT2D eigenvalue weighted by Crippen LogP contribution is 2.48. The second-order valence-electron chi connectivity index (χ2n) is 12.7. The Balaban J connectivity index is 0.00000605. The number of aryl methyl sites for hydroxylation is 1. The molecule has 0 aliphatic carbocycles. The van der Waals surface area contributed by atoms with Gasteiger partial charge in [-0.05, 0) is 37.0 Å². The Kier molecular flexibility index (Phi) is 14.6. The maximum absolute atomic E-state index is 14.4. The first-order chi connectivity index (χ1) is 24.6. The molecule has 0 radical (unpaired) electrons. The van der Waals surface area contributed by atoms with Crippen LogP contribution in [0.15, 0.2) is 126 Å². The summed E-state index contributed by atoms with van der Waals surface area (Å²) in [7, 11) is -4.37. The highest BCUT2D eigenvalue weighted by molar-refractivity contribution is 7.59. The predicted molar refractivity (Wildman–Crippen MR) is 205 cm³/mol. The molecular formula is C40H44N3O7PS. The van der Waals surface area contributed by atoms with E-state index < -0.39 is 43.3 Å². The summed E-state index contributed by atoms with van der Waals surface area (Å²) in [5.74, 6) is -2.95. The van der Waals surface area contributed by atoms with Crippen molar-refractivity contribution in [2.24, 2.45) is 5.92 Å². The van der Waals surface area contributed by atoms with Crippen LogP contribution in [0.5, 0.6) is 0 Å². The Morgan fingerprint density at radius 3 is 1.98 bits per heavy atom. The van der Waals surface area contributed by atoms with Crippen molar-refractivity contribution < 1.29 is 33.1 Å². The number of nitrogens with one attached hydrogen (secondary N) is 2. The van der Waals surface area contributed by atoms with E-state index in [2.05, 4.69) is 15.8 Å². The maximum Gasteiger partial charge on any atom is 0.408 e. The van der Waals surface area contributed by atoms with Gasteiger partial charge >= 0.3 is 6.09 Å². The third-order valence-corrected chi connectivity index (χ3v) is 10.8. The van der Waals surface area contributed by atoms with E-state index in [4.69, 9.17) is 9.26 Å². The minimum absolute atomic E-state index is 0. The summed E-state index contributed by atoms with van der Waals surface area (Å²) < 4.78 is 25.4. The largest absolute Gasteiger partial charge is 0.445 e. The Morgan fingerprint density at radius 1 is 0.788 bits per heavy atom. The number of benzene rings is 4. The fraction of sp³-hybridized carbons (Fsp3) is 0.250. The van der Waals surface area contributed by atoms with Gasteiger partial charge in [0.2, 0.25) is 13.3 Å². The molecule has 52 heavy (non-hydrogen) atoms. The zero-order chi connectivity index (χ0) is 36.2. The summed E-state index contributed by atoms with van der Waals surface area (Å²) in [6, 6.07) is 35.9. The van der Waals surface area contributed by atoms with Crippen LogP contribution in [0.2, 0.25) is 0 Å². The van der Waals surface area contributed by atoms with E-state index in [0.717, 1.165) is 22.3 Å². The van der Waals surface area contributed by atoms with E-state index >= 15 is 0 Å². The molecule has 0 aliphatic heterocycles. The van der Waals surface area contributed by atoms with Gasteiger partial charge in [-0.15, -0.1) is 0 Å². The van der Waals surface area contributed by atoms with Crippen molar-refractivity contribution in [2.75, 3.05) is 6.16 Å². The number of carbonyl (C=O) groups excluding carboxylic acids is 3. The van der Waals surface area contributed by atoms with Gasteiger partial charge in [-0.25, -0.2) is 4.79 Å². The Morgan fingerprint density at radius 2 is 1.37 bits per heavy atom.